The van der Waals surface area contributed by atoms with Gasteiger partial charge in [-0.1, -0.05) is 36.8 Å². The van der Waals surface area contributed by atoms with E-state index >= 15 is 0 Å². The van der Waals surface area contributed by atoms with Crippen molar-refractivity contribution in [3.63, 3.8) is 0 Å². The molecule has 6 nitrogen and oxygen atoms in total. The molecule has 0 bridgehead atoms. The summed E-state index contributed by atoms with van der Waals surface area (Å²) in [6, 6.07) is 9.54. The second kappa shape index (κ2) is 7.21. The van der Waals surface area contributed by atoms with Crippen LogP contribution >= 0.6 is 0 Å². The fourth-order valence-electron chi connectivity index (χ4n) is 3.59. The molecular weight excluding hydrogens is 326 g/mol. The number of carbonyl (C=O) groups excluding carboxylic acids is 1. The third-order valence-corrected chi connectivity index (χ3v) is 6.59. The van der Waals surface area contributed by atoms with Crippen molar-refractivity contribution < 1.29 is 13.2 Å². The van der Waals surface area contributed by atoms with Gasteiger partial charge in [-0.25, -0.2) is 0 Å². The minimum Gasteiger partial charge on any atom is -0.341 e. The van der Waals surface area contributed by atoms with Gasteiger partial charge in [0.1, 0.15) is 0 Å². The van der Waals surface area contributed by atoms with Crippen molar-refractivity contribution in [2.75, 3.05) is 26.2 Å². The summed E-state index contributed by atoms with van der Waals surface area (Å²) < 4.78 is 29.8. The molecule has 1 N–H and O–H groups in total. The predicted octanol–water partition coefficient (Wildman–Crippen LogP) is 1.32. The Morgan fingerprint density at radius 1 is 1.08 bits per heavy atom. The summed E-state index contributed by atoms with van der Waals surface area (Å²) >= 11 is 0. The largest absolute Gasteiger partial charge is 0.341 e. The lowest BCUT2D eigenvalue weighted by atomic mass is 9.95. The van der Waals surface area contributed by atoms with Gasteiger partial charge in [-0.2, -0.15) is 17.4 Å². The Balaban J connectivity index is 1.79. The monoisotopic (exact) mass is 351 g/mol. The standard InChI is InChI=1S/C17H25N3O3S/c1-14(21)19-12-16(15-8-4-2-5-9-15)17(13-19)18-24(22,23)20-10-6-3-7-11-20/h2,4-5,8-9,16-18H,3,6-7,10-13H2,1H3/t16-,17+/m1/s1. The molecule has 0 spiro atoms. The van der Waals surface area contributed by atoms with Crippen LogP contribution in [0.5, 0.6) is 0 Å². The first kappa shape index (κ1) is 17.4. The van der Waals surface area contributed by atoms with E-state index in [2.05, 4.69) is 4.72 Å². The maximum atomic E-state index is 12.7. The Hall–Kier alpha value is -1.44. The zero-order valence-electron chi connectivity index (χ0n) is 14.0. The Morgan fingerprint density at radius 2 is 1.75 bits per heavy atom. The maximum absolute atomic E-state index is 12.7. The SMILES string of the molecule is CC(=O)N1C[C@H](NS(=O)(=O)N2CCCCC2)[C@@H](c2ccccc2)C1. The van der Waals surface area contributed by atoms with Crippen molar-refractivity contribution in [2.24, 2.45) is 0 Å². The summed E-state index contributed by atoms with van der Waals surface area (Å²) in [7, 11) is -3.51. The molecular formula is C17H25N3O3S. The highest BCUT2D eigenvalue weighted by atomic mass is 32.2. The Kier molecular flexibility index (Phi) is 5.22. The van der Waals surface area contributed by atoms with Crippen molar-refractivity contribution in [3.8, 4) is 0 Å². The summed E-state index contributed by atoms with van der Waals surface area (Å²) in [4.78, 5) is 13.5. The molecule has 24 heavy (non-hydrogen) atoms. The molecule has 1 amide bonds. The van der Waals surface area contributed by atoms with Gasteiger partial charge >= 0.3 is 0 Å². The number of hydrogen-bond acceptors (Lipinski definition) is 3. The molecule has 2 heterocycles. The molecule has 0 unspecified atom stereocenters. The van der Waals surface area contributed by atoms with Gasteiger partial charge in [0.2, 0.25) is 5.91 Å². The highest BCUT2D eigenvalue weighted by Gasteiger charge is 2.38. The smallest absolute Gasteiger partial charge is 0.279 e. The topological polar surface area (TPSA) is 69.7 Å². The molecule has 2 saturated heterocycles. The third-order valence-electron chi connectivity index (χ3n) is 4.95. The molecule has 1 aromatic rings. The molecule has 7 heteroatoms. The van der Waals surface area contributed by atoms with Crippen LogP contribution in [-0.4, -0.2) is 55.8 Å². The van der Waals surface area contributed by atoms with Crippen molar-refractivity contribution in [3.05, 3.63) is 35.9 Å². The number of amides is 1. The Bertz CT molecular complexity index is 672. The summed E-state index contributed by atoms with van der Waals surface area (Å²) in [6.07, 6.45) is 2.90. The second-order valence-corrected chi connectivity index (χ2v) is 8.33. The van der Waals surface area contributed by atoms with Gasteiger partial charge in [0, 0.05) is 45.1 Å². The van der Waals surface area contributed by atoms with Crippen molar-refractivity contribution in [1.29, 1.82) is 0 Å². The third kappa shape index (κ3) is 3.79. The molecule has 2 fully saturated rings. The number of nitrogens with zero attached hydrogens (tertiary/aromatic N) is 2. The molecule has 0 aliphatic carbocycles. The Morgan fingerprint density at radius 3 is 2.38 bits per heavy atom. The summed E-state index contributed by atoms with van der Waals surface area (Å²) in [5, 5.41) is 0. The summed E-state index contributed by atoms with van der Waals surface area (Å²) in [5.74, 6) is -0.0368. The number of benzene rings is 1. The van der Waals surface area contributed by atoms with Crippen LogP contribution in [0.1, 0.15) is 37.7 Å². The molecule has 1 aromatic carbocycles. The highest BCUT2D eigenvalue weighted by molar-refractivity contribution is 7.87. The van der Waals surface area contributed by atoms with Gasteiger partial charge in [0.15, 0.2) is 0 Å². The van der Waals surface area contributed by atoms with Crippen molar-refractivity contribution >= 4 is 16.1 Å². The average molecular weight is 351 g/mol. The van der Waals surface area contributed by atoms with Crippen LogP contribution in [0.25, 0.3) is 0 Å². The predicted molar refractivity (Wildman–Crippen MR) is 92.7 cm³/mol. The van der Waals surface area contributed by atoms with E-state index in [0.717, 1.165) is 24.8 Å². The van der Waals surface area contributed by atoms with Crippen LogP contribution in [0.2, 0.25) is 0 Å². The van der Waals surface area contributed by atoms with Gasteiger partial charge in [-0.15, -0.1) is 0 Å². The lowest BCUT2D eigenvalue weighted by molar-refractivity contribution is -0.127. The molecule has 2 atom stereocenters. The first-order valence-electron chi connectivity index (χ1n) is 8.55. The van der Waals surface area contributed by atoms with E-state index in [9.17, 15) is 13.2 Å². The fourth-order valence-corrected chi connectivity index (χ4v) is 5.10. The van der Waals surface area contributed by atoms with E-state index in [1.807, 2.05) is 30.3 Å². The number of nitrogens with one attached hydrogen (secondary N) is 1. The van der Waals surface area contributed by atoms with Crippen LogP contribution in [0.15, 0.2) is 30.3 Å². The highest BCUT2D eigenvalue weighted by Crippen LogP contribution is 2.28. The van der Waals surface area contributed by atoms with E-state index in [1.54, 1.807) is 4.90 Å². The lowest BCUT2D eigenvalue weighted by Crippen LogP contribution is -2.49. The van der Waals surface area contributed by atoms with Crippen LogP contribution in [0, 0.1) is 0 Å². The quantitative estimate of drug-likeness (QED) is 0.889. The van der Waals surface area contributed by atoms with E-state index in [1.165, 1.54) is 11.2 Å². The van der Waals surface area contributed by atoms with Crippen LogP contribution < -0.4 is 4.72 Å². The van der Waals surface area contributed by atoms with Gasteiger partial charge < -0.3 is 4.90 Å². The van der Waals surface area contributed by atoms with E-state index < -0.39 is 10.2 Å². The van der Waals surface area contributed by atoms with Gasteiger partial charge in [-0.05, 0) is 18.4 Å². The van der Waals surface area contributed by atoms with Gasteiger partial charge in [0.25, 0.3) is 10.2 Å². The van der Waals surface area contributed by atoms with E-state index in [0.29, 0.717) is 26.2 Å². The van der Waals surface area contributed by atoms with E-state index in [-0.39, 0.29) is 17.9 Å². The van der Waals surface area contributed by atoms with E-state index in [4.69, 9.17) is 0 Å². The first-order valence-corrected chi connectivity index (χ1v) is 9.99. The van der Waals surface area contributed by atoms with Crippen LogP contribution in [0.4, 0.5) is 0 Å². The van der Waals surface area contributed by atoms with Crippen molar-refractivity contribution in [2.45, 2.75) is 38.1 Å². The van der Waals surface area contributed by atoms with Crippen LogP contribution in [0.3, 0.4) is 0 Å². The van der Waals surface area contributed by atoms with Gasteiger partial charge in [-0.3, -0.25) is 4.79 Å². The first-order chi connectivity index (χ1) is 11.5. The summed E-state index contributed by atoms with van der Waals surface area (Å²) in [5.41, 5.74) is 1.06. The molecule has 0 aromatic heterocycles. The normalized spacial score (nSPS) is 25.8. The maximum Gasteiger partial charge on any atom is 0.279 e. The minimum atomic E-state index is -3.51. The molecule has 132 valence electrons. The fraction of sp³-hybridized carbons (Fsp3) is 0.588. The molecule has 0 radical (unpaired) electrons. The molecule has 3 rings (SSSR count). The van der Waals surface area contributed by atoms with Gasteiger partial charge in [0.05, 0.1) is 0 Å². The average Bonchev–Trinajstić information content (AvgIpc) is 3.00. The number of rotatable bonds is 4. The number of likely N-dealkylation sites (tertiary alicyclic amines) is 1. The zero-order chi connectivity index (χ0) is 17.2. The molecule has 2 aliphatic heterocycles. The van der Waals surface area contributed by atoms with Crippen LogP contribution in [-0.2, 0) is 15.0 Å². The second-order valence-electron chi connectivity index (χ2n) is 6.63. The lowest BCUT2D eigenvalue weighted by Gasteiger charge is -2.29. The molecule has 2 aliphatic rings. The Labute approximate surface area is 144 Å². The minimum absolute atomic E-state index is 0.0180. The zero-order valence-corrected chi connectivity index (χ0v) is 14.8. The molecule has 0 saturated carbocycles. The van der Waals surface area contributed by atoms with Crippen molar-refractivity contribution in [1.82, 2.24) is 13.9 Å². The number of carbonyl (C=O) groups is 1. The number of hydrogen-bond donors (Lipinski definition) is 1. The summed E-state index contributed by atoms with van der Waals surface area (Å²) in [6.45, 7) is 3.65. The number of piperidine rings is 1.